The van der Waals surface area contributed by atoms with E-state index in [1.165, 1.54) is 12.8 Å². The number of hydrogen-bond donors (Lipinski definition) is 0. The molecule has 0 N–H and O–H groups in total. The van der Waals surface area contributed by atoms with E-state index in [0.717, 1.165) is 85.1 Å². The zero-order chi connectivity index (χ0) is 28.6. The average Bonchev–Trinajstić information content (AvgIpc) is 3.31. The van der Waals surface area contributed by atoms with Crippen LogP contribution in [0, 0.1) is 17.8 Å². The minimum Gasteiger partial charge on any atom is -0.497 e. The molecule has 40 heavy (non-hydrogen) atoms. The number of fused-ring (bicyclic) bond motifs is 1. The molecule has 0 aliphatic carbocycles. The van der Waals surface area contributed by atoms with Crippen molar-refractivity contribution in [1.82, 2.24) is 19.4 Å². The van der Waals surface area contributed by atoms with Crippen LogP contribution >= 0.6 is 0 Å². The van der Waals surface area contributed by atoms with Gasteiger partial charge in [-0.05, 0) is 92.9 Å². The Morgan fingerprint density at radius 1 is 1.05 bits per heavy atom. The van der Waals surface area contributed by atoms with Gasteiger partial charge in [-0.3, -0.25) is 9.69 Å². The van der Waals surface area contributed by atoms with Crippen molar-refractivity contribution >= 4 is 17.5 Å². The van der Waals surface area contributed by atoms with E-state index in [-0.39, 0.29) is 5.91 Å². The fourth-order valence-electron chi connectivity index (χ4n) is 5.21. The lowest BCUT2D eigenvalue weighted by molar-refractivity contribution is 0.0741. The van der Waals surface area contributed by atoms with E-state index < -0.39 is 0 Å². The van der Waals surface area contributed by atoms with Crippen molar-refractivity contribution in [3.8, 4) is 17.0 Å². The van der Waals surface area contributed by atoms with Gasteiger partial charge in [-0.1, -0.05) is 46.8 Å². The molecule has 0 saturated carbocycles. The van der Waals surface area contributed by atoms with E-state index in [1.807, 2.05) is 39.9 Å². The fraction of sp³-hybridized carbons (Fsp3) is 0.529. The van der Waals surface area contributed by atoms with Crippen LogP contribution in [0.1, 0.15) is 76.2 Å². The molecule has 1 aliphatic rings. The third-order valence-corrected chi connectivity index (χ3v) is 8.05. The van der Waals surface area contributed by atoms with Crippen LogP contribution < -0.4 is 4.74 Å². The van der Waals surface area contributed by atoms with Gasteiger partial charge in [0.05, 0.1) is 12.6 Å². The molecule has 6 heteroatoms. The molecule has 0 bridgehead atoms. The van der Waals surface area contributed by atoms with Crippen LogP contribution in [0.5, 0.6) is 5.75 Å². The number of nitrogens with zero attached hydrogens (tertiary/aromatic N) is 4. The number of ether oxygens (including phenoxy) is 1. The molecule has 216 valence electrons. The van der Waals surface area contributed by atoms with Crippen LogP contribution in [0.15, 0.2) is 48.7 Å². The predicted molar refractivity (Wildman–Crippen MR) is 166 cm³/mol. The number of likely N-dealkylation sites (tertiary alicyclic amines) is 1. The highest BCUT2D eigenvalue weighted by Gasteiger charge is 2.20. The van der Waals surface area contributed by atoms with Crippen molar-refractivity contribution < 1.29 is 9.53 Å². The SMILES string of the molecule is COc1ccc(-c2nn3ccc(C(=O)N(CCC(C)C)CCC(C)C)cc3c2C=CCN2CCC(C)CC2)cc1. The molecule has 3 heterocycles. The highest BCUT2D eigenvalue weighted by atomic mass is 16.5. The van der Waals surface area contributed by atoms with Crippen LogP contribution in [-0.2, 0) is 0 Å². The zero-order valence-electron chi connectivity index (χ0n) is 25.4. The molecule has 1 saturated heterocycles. The summed E-state index contributed by atoms with van der Waals surface area (Å²) in [5.74, 6) is 2.85. The van der Waals surface area contributed by atoms with E-state index in [1.54, 1.807) is 7.11 Å². The van der Waals surface area contributed by atoms with Crippen molar-refractivity contribution in [2.75, 3.05) is 39.8 Å². The second kappa shape index (κ2) is 14.0. The first-order valence-corrected chi connectivity index (χ1v) is 15.1. The topological polar surface area (TPSA) is 50.1 Å². The molecule has 1 amide bonds. The number of amides is 1. The number of carbonyl (C=O) groups is 1. The summed E-state index contributed by atoms with van der Waals surface area (Å²) in [6.45, 7) is 16.0. The zero-order valence-corrected chi connectivity index (χ0v) is 25.4. The van der Waals surface area contributed by atoms with E-state index in [0.29, 0.717) is 11.8 Å². The normalized spacial score (nSPS) is 15.1. The van der Waals surface area contributed by atoms with E-state index >= 15 is 0 Å². The molecular weight excluding hydrogens is 496 g/mol. The summed E-state index contributed by atoms with van der Waals surface area (Å²) >= 11 is 0. The highest BCUT2D eigenvalue weighted by molar-refractivity contribution is 5.96. The van der Waals surface area contributed by atoms with Gasteiger partial charge in [-0.25, -0.2) is 4.52 Å². The van der Waals surface area contributed by atoms with Crippen molar-refractivity contribution in [2.24, 2.45) is 17.8 Å². The molecule has 1 aromatic carbocycles. The standard InChI is InChI=1S/C34H48N4O2/c1-25(2)13-21-37(22-14-26(3)4)34(39)29-17-23-38-32(24-29)31(8-7-18-36-19-15-27(5)16-20-36)33(35-38)28-9-11-30(40-6)12-10-28/h7-12,17,23-27H,13-16,18-22H2,1-6H3. The summed E-state index contributed by atoms with van der Waals surface area (Å²) in [5.41, 5.74) is 4.65. The van der Waals surface area contributed by atoms with Gasteiger partial charge < -0.3 is 9.64 Å². The molecule has 6 nitrogen and oxygen atoms in total. The van der Waals surface area contributed by atoms with Gasteiger partial charge in [0.2, 0.25) is 0 Å². The van der Waals surface area contributed by atoms with E-state index in [4.69, 9.17) is 9.84 Å². The lowest BCUT2D eigenvalue weighted by Crippen LogP contribution is -2.34. The first-order chi connectivity index (χ1) is 19.2. The molecule has 0 radical (unpaired) electrons. The van der Waals surface area contributed by atoms with Gasteiger partial charge in [0.1, 0.15) is 11.4 Å². The fourth-order valence-corrected chi connectivity index (χ4v) is 5.21. The Hall–Kier alpha value is -3.12. The van der Waals surface area contributed by atoms with Crippen LogP contribution in [0.2, 0.25) is 0 Å². The Bertz CT molecular complexity index is 1260. The minimum absolute atomic E-state index is 0.105. The molecule has 1 aliphatic heterocycles. The van der Waals surface area contributed by atoms with Crippen molar-refractivity contribution in [3.63, 3.8) is 0 Å². The van der Waals surface area contributed by atoms with Crippen LogP contribution in [-0.4, -0.2) is 65.2 Å². The Labute approximate surface area is 241 Å². The van der Waals surface area contributed by atoms with E-state index in [2.05, 4.69) is 63.8 Å². The van der Waals surface area contributed by atoms with Crippen molar-refractivity contribution in [1.29, 1.82) is 0 Å². The monoisotopic (exact) mass is 544 g/mol. The molecule has 0 unspecified atom stereocenters. The maximum Gasteiger partial charge on any atom is 0.253 e. The molecule has 1 fully saturated rings. The van der Waals surface area contributed by atoms with Gasteiger partial charge in [-0.15, -0.1) is 0 Å². The molecule has 0 atom stereocenters. The number of carbonyl (C=O) groups excluding carboxylic acids is 1. The van der Waals surface area contributed by atoms with Crippen LogP contribution in [0.4, 0.5) is 0 Å². The first-order valence-electron chi connectivity index (χ1n) is 15.1. The molecule has 3 aromatic rings. The Balaban J connectivity index is 1.68. The molecular formula is C34H48N4O2. The highest BCUT2D eigenvalue weighted by Crippen LogP contribution is 2.30. The maximum atomic E-state index is 13.8. The smallest absolute Gasteiger partial charge is 0.253 e. The number of benzene rings is 1. The minimum atomic E-state index is 0.105. The second-order valence-electron chi connectivity index (χ2n) is 12.3. The second-order valence-corrected chi connectivity index (χ2v) is 12.3. The van der Waals surface area contributed by atoms with E-state index in [9.17, 15) is 4.79 Å². The van der Waals surface area contributed by atoms with Crippen molar-refractivity contribution in [3.05, 3.63) is 59.8 Å². The lowest BCUT2D eigenvalue weighted by Gasteiger charge is -2.29. The Morgan fingerprint density at radius 3 is 2.30 bits per heavy atom. The predicted octanol–water partition coefficient (Wildman–Crippen LogP) is 7.29. The van der Waals surface area contributed by atoms with Crippen LogP contribution in [0.25, 0.3) is 22.9 Å². The number of piperidine rings is 1. The molecule has 0 spiro atoms. The Morgan fingerprint density at radius 2 is 1.70 bits per heavy atom. The molecule has 4 rings (SSSR count). The summed E-state index contributed by atoms with van der Waals surface area (Å²) < 4.78 is 7.29. The average molecular weight is 545 g/mol. The third kappa shape index (κ3) is 7.75. The summed E-state index contributed by atoms with van der Waals surface area (Å²) in [5, 5.41) is 4.96. The number of aromatic nitrogens is 2. The van der Waals surface area contributed by atoms with Gasteiger partial charge >= 0.3 is 0 Å². The summed E-state index contributed by atoms with van der Waals surface area (Å²) in [4.78, 5) is 18.3. The Kier molecular flexibility index (Phi) is 10.4. The van der Waals surface area contributed by atoms with Crippen LogP contribution in [0.3, 0.4) is 0 Å². The van der Waals surface area contributed by atoms with Gasteiger partial charge in [0, 0.05) is 42.5 Å². The first kappa shape index (κ1) is 29.9. The summed E-state index contributed by atoms with van der Waals surface area (Å²) in [6.07, 6.45) is 10.9. The molecule has 2 aromatic heterocycles. The third-order valence-electron chi connectivity index (χ3n) is 8.05. The number of methoxy groups -OCH3 is 1. The summed E-state index contributed by atoms with van der Waals surface area (Å²) in [6, 6.07) is 12.0. The van der Waals surface area contributed by atoms with Crippen molar-refractivity contribution in [2.45, 2.75) is 60.3 Å². The number of hydrogen-bond acceptors (Lipinski definition) is 4. The lowest BCUT2D eigenvalue weighted by atomic mass is 9.99. The van der Waals surface area contributed by atoms with Gasteiger partial charge in [0.25, 0.3) is 5.91 Å². The number of rotatable bonds is 12. The largest absolute Gasteiger partial charge is 0.497 e. The maximum absolute atomic E-state index is 13.8. The summed E-state index contributed by atoms with van der Waals surface area (Å²) in [7, 11) is 1.68. The van der Waals surface area contributed by atoms with Gasteiger partial charge in [-0.2, -0.15) is 5.10 Å². The van der Waals surface area contributed by atoms with Gasteiger partial charge in [0.15, 0.2) is 0 Å². The quantitative estimate of drug-likeness (QED) is 0.240. The number of pyridine rings is 1.